The van der Waals surface area contributed by atoms with Crippen molar-refractivity contribution < 1.29 is 19.1 Å². The van der Waals surface area contributed by atoms with Crippen LogP contribution in [-0.4, -0.2) is 40.2 Å². The van der Waals surface area contributed by atoms with Gasteiger partial charge in [0.05, 0.1) is 27.8 Å². The van der Waals surface area contributed by atoms with Crippen LogP contribution in [0, 0.1) is 0 Å². The van der Waals surface area contributed by atoms with Crippen LogP contribution >= 0.6 is 11.3 Å². The van der Waals surface area contributed by atoms with Gasteiger partial charge < -0.3 is 14.3 Å². The number of nitrogens with zero attached hydrogens (tertiary/aromatic N) is 2. The number of carbonyl (C=O) groups excluding carboxylic acids is 1. The van der Waals surface area contributed by atoms with E-state index in [2.05, 4.69) is 16.8 Å². The molecule has 2 aromatic carbocycles. The number of esters is 1. The van der Waals surface area contributed by atoms with E-state index < -0.39 is 5.97 Å². The van der Waals surface area contributed by atoms with E-state index in [0.29, 0.717) is 28.5 Å². The van der Waals surface area contributed by atoms with E-state index in [4.69, 9.17) is 9.15 Å². The Labute approximate surface area is 200 Å². The summed E-state index contributed by atoms with van der Waals surface area (Å²) in [5, 5.41) is 11.4. The lowest BCUT2D eigenvalue weighted by Gasteiger charge is -2.33. The minimum atomic E-state index is -0.726. The van der Waals surface area contributed by atoms with Crippen LogP contribution < -0.4 is 5.43 Å². The summed E-state index contributed by atoms with van der Waals surface area (Å²) in [5.74, 6) is -0.871. The number of carbonyl (C=O) groups is 1. The first-order valence-corrected chi connectivity index (χ1v) is 12.4. The molecular formula is C26H26N2O5S. The summed E-state index contributed by atoms with van der Waals surface area (Å²) in [7, 11) is 0. The van der Waals surface area contributed by atoms with E-state index in [-0.39, 0.29) is 34.7 Å². The molecule has 1 saturated heterocycles. The number of rotatable bonds is 5. The van der Waals surface area contributed by atoms with Gasteiger partial charge in [0.2, 0.25) is 11.2 Å². The summed E-state index contributed by atoms with van der Waals surface area (Å²) < 4.78 is 12.3. The molecule has 0 radical (unpaired) electrons. The molecule has 4 aromatic rings. The number of phenolic OH excluding ortho intramolecular Hbond substituents is 1. The summed E-state index contributed by atoms with van der Waals surface area (Å²) in [5.41, 5.74) is 1.19. The van der Waals surface area contributed by atoms with Crippen molar-refractivity contribution in [3.8, 4) is 16.3 Å². The third-order valence-electron chi connectivity index (χ3n) is 6.41. The van der Waals surface area contributed by atoms with Crippen LogP contribution in [0.25, 0.3) is 31.8 Å². The predicted octanol–water partition coefficient (Wildman–Crippen LogP) is 5.33. The largest absolute Gasteiger partial charge is 0.507 e. The van der Waals surface area contributed by atoms with Gasteiger partial charge in [-0.1, -0.05) is 18.6 Å². The number of phenols is 1. The van der Waals surface area contributed by atoms with Crippen LogP contribution in [0.2, 0.25) is 0 Å². The van der Waals surface area contributed by atoms with Crippen LogP contribution in [0.4, 0.5) is 0 Å². The maximum absolute atomic E-state index is 13.8. The molecule has 8 heteroatoms. The quantitative estimate of drug-likeness (QED) is 0.388. The highest BCUT2D eigenvalue weighted by molar-refractivity contribution is 7.21. The molecule has 3 heterocycles. The van der Waals surface area contributed by atoms with Crippen molar-refractivity contribution in [3.05, 3.63) is 57.9 Å². The Kier molecular flexibility index (Phi) is 6.10. The second-order valence-corrected chi connectivity index (χ2v) is 9.63. The highest BCUT2D eigenvalue weighted by Gasteiger charge is 2.28. The van der Waals surface area contributed by atoms with E-state index in [0.717, 1.165) is 29.6 Å². The van der Waals surface area contributed by atoms with E-state index in [9.17, 15) is 14.7 Å². The Morgan fingerprint density at radius 3 is 2.85 bits per heavy atom. The van der Waals surface area contributed by atoms with Gasteiger partial charge in [-0.05, 0) is 57.5 Å². The van der Waals surface area contributed by atoms with Crippen molar-refractivity contribution in [1.29, 1.82) is 0 Å². The fourth-order valence-corrected chi connectivity index (χ4v) is 5.57. The Morgan fingerprint density at radius 2 is 2.09 bits per heavy atom. The third kappa shape index (κ3) is 3.97. The van der Waals surface area contributed by atoms with Gasteiger partial charge in [0.25, 0.3) is 0 Å². The Hall–Kier alpha value is -3.23. The molecule has 5 rings (SSSR count). The number of fused-ring (bicyclic) bond motifs is 2. The maximum Gasteiger partial charge on any atom is 0.375 e. The highest BCUT2D eigenvalue weighted by Crippen LogP contribution is 2.35. The first-order valence-electron chi connectivity index (χ1n) is 11.6. The zero-order chi connectivity index (χ0) is 23.8. The smallest absolute Gasteiger partial charge is 0.375 e. The first kappa shape index (κ1) is 22.6. The number of thiazole rings is 1. The van der Waals surface area contributed by atoms with E-state index in [1.54, 1.807) is 13.0 Å². The average Bonchev–Trinajstić information content (AvgIpc) is 3.26. The Morgan fingerprint density at radius 1 is 1.26 bits per heavy atom. The van der Waals surface area contributed by atoms with Crippen LogP contribution in [0.5, 0.6) is 5.75 Å². The van der Waals surface area contributed by atoms with Crippen molar-refractivity contribution in [2.75, 3.05) is 13.2 Å². The van der Waals surface area contributed by atoms with Gasteiger partial charge >= 0.3 is 5.97 Å². The minimum absolute atomic E-state index is 0.0379. The molecule has 1 atom stereocenters. The summed E-state index contributed by atoms with van der Waals surface area (Å²) in [6.45, 7) is 5.32. The fraction of sp³-hybridized carbons (Fsp3) is 0.346. The number of likely N-dealkylation sites (tertiary alicyclic amines) is 1. The summed E-state index contributed by atoms with van der Waals surface area (Å²) in [6.07, 6.45) is 3.33. The van der Waals surface area contributed by atoms with E-state index in [1.807, 2.05) is 24.3 Å². The van der Waals surface area contributed by atoms with Gasteiger partial charge in [0.1, 0.15) is 21.9 Å². The zero-order valence-electron chi connectivity index (χ0n) is 19.2. The number of hydrogen-bond acceptors (Lipinski definition) is 8. The highest BCUT2D eigenvalue weighted by atomic mass is 32.1. The molecule has 0 saturated carbocycles. The van der Waals surface area contributed by atoms with Gasteiger partial charge in [-0.3, -0.25) is 9.69 Å². The topological polar surface area (TPSA) is 92.9 Å². The first-order chi connectivity index (χ1) is 16.5. The lowest BCUT2D eigenvalue weighted by atomic mass is 10.0. The molecule has 0 spiro atoms. The monoisotopic (exact) mass is 478 g/mol. The van der Waals surface area contributed by atoms with Crippen LogP contribution in [-0.2, 0) is 11.3 Å². The Balaban J connectivity index is 1.73. The maximum atomic E-state index is 13.8. The van der Waals surface area contributed by atoms with Crippen LogP contribution in [0.15, 0.2) is 45.6 Å². The second-order valence-electron chi connectivity index (χ2n) is 8.60. The number of piperidine rings is 1. The number of ether oxygens (including phenoxy) is 1. The Bertz CT molecular complexity index is 1410. The van der Waals surface area contributed by atoms with Gasteiger partial charge in [0, 0.05) is 12.6 Å². The second kappa shape index (κ2) is 9.19. The van der Waals surface area contributed by atoms with Crippen molar-refractivity contribution in [1.82, 2.24) is 9.88 Å². The average molecular weight is 479 g/mol. The molecule has 34 heavy (non-hydrogen) atoms. The van der Waals surface area contributed by atoms with Gasteiger partial charge in [-0.2, -0.15) is 0 Å². The zero-order valence-corrected chi connectivity index (χ0v) is 20.0. The standard InChI is InChI=1S/C26H26N2O5S/c1-3-32-26(31)24-21(25-27-18-9-4-5-10-20(18)34-25)22(30)16-11-12-19(29)17(23(16)33-24)14-28-13-7-6-8-15(28)2/h4-5,9-12,15,29H,3,6-8,13-14H2,1-2H3. The minimum Gasteiger partial charge on any atom is -0.507 e. The summed E-state index contributed by atoms with van der Waals surface area (Å²) >= 11 is 1.32. The molecule has 0 aliphatic carbocycles. The van der Waals surface area contributed by atoms with Gasteiger partial charge in [-0.15, -0.1) is 11.3 Å². The lowest BCUT2D eigenvalue weighted by molar-refractivity contribution is 0.0491. The summed E-state index contributed by atoms with van der Waals surface area (Å²) in [6, 6.07) is 11.0. The molecule has 1 aliphatic heterocycles. The molecule has 1 fully saturated rings. The summed E-state index contributed by atoms with van der Waals surface area (Å²) in [4.78, 5) is 33.6. The third-order valence-corrected chi connectivity index (χ3v) is 7.46. The number of benzene rings is 2. The predicted molar refractivity (Wildman–Crippen MR) is 132 cm³/mol. The lowest BCUT2D eigenvalue weighted by Crippen LogP contribution is -2.36. The molecule has 2 aromatic heterocycles. The fourth-order valence-electron chi connectivity index (χ4n) is 4.57. The number of hydrogen-bond donors (Lipinski definition) is 1. The van der Waals surface area contributed by atoms with Crippen molar-refractivity contribution in [3.63, 3.8) is 0 Å². The molecule has 0 bridgehead atoms. The van der Waals surface area contributed by atoms with Crippen molar-refractivity contribution in [2.24, 2.45) is 0 Å². The van der Waals surface area contributed by atoms with E-state index >= 15 is 0 Å². The molecule has 1 aliphatic rings. The van der Waals surface area contributed by atoms with Crippen molar-refractivity contribution in [2.45, 2.75) is 45.7 Å². The van der Waals surface area contributed by atoms with E-state index in [1.165, 1.54) is 23.8 Å². The normalized spacial score (nSPS) is 16.8. The van der Waals surface area contributed by atoms with Gasteiger partial charge in [-0.25, -0.2) is 9.78 Å². The van der Waals surface area contributed by atoms with Crippen molar-refractivity contribution >= 4 is 38.5 Å². The van der Waals surface area contributed by atoms with Crippen LogP contribution in [0.1, 0.15) is 49.2 Å². The molecule has 0 amide bonds. The molecule has 1 unspecified atom stereocenters. The molecular weight excluding hydrogens is 452 g/mol. The molecule has 1 N–H and O–H groups in total. The number of para-hydroxylation sites is 1. The SMILES string of the molecule is CCOC(=O)c1oc2c(CN3CCCCC3C)c(O)ccc2c(=O)c1-c1nc2ccccc2s1. The molecule has 176 valence electrons. The number of aromatic hydroxyl groups is 1. The number of aromatic nitrogens is 1. The molecule has 7 nitrogen and oxygen atoms in total. The van der Waals surface area contributed by atoms with Crippen LogP contribution in [0.3, 0.4) is 0 Å². The van der Waals surface area contributed by atoms with Gasteiger partial charge in [0.15, 0.2) is 0 Å².